The number of benzene rings is 2. The highest BCUT2D eigenvalue weighted by atomic mass is 79.9. The third-order valence-corrected chi connectivity index (χ3v) is 6.34. The number of carbonyl (C=O) groups is 3. The molecule has 1 saturated heterocycles. The second-order valence-electron chi connectivity index (χ2n) is 6.36. The summed E-state index contributed by atoms with van der Waals surface area (Å²) in [4.78, 5) is 37.6. The number of methoxy groups -OCH3 is 2. The molecular formula is C21H16BrClFNO6S. The molecule has 0 atom stereocenters. The first-order valence-corrected chi connectivity index (χ1v) is 11.0. The van der Waals surface area contributed by atoms with Crippen molar-refractivity contribution in [1.82, 2.24) is 4.90 Å². The first-order chi connectivity index (χ1) is 15.2. The van der Waals surface area contributed by atoms with Gasteiger partial charge in [0.15, 0.2) is 18.1 Å². The molecule has 11 heteroatoms. The lowest BCUT2D eigenvalue weighted by Gasteiger charge is -2.14. The van der Waals surface area contributed by atoms with Crippen molar-refractivity contribution in [1.29, 1.82) is 0 Å². The fourth-order valence-electron chi connectivity index (χ4n) is 2.75. The molecule has 0 N–H and O–H groups in total. The number of hydrogen-bond acceptors (Lipinski definition) is 7. The van der Waals surface area contributed by atoms with Crippen molar-refractivity contribution in [3.05, 3.63) is 61.7 Å². The van der Waals surface area contributed by atoms with Gasteiger partial charge in [0.25, 0.3) is 11.1 Å². The summed E-state index contributed by atoms with van der Waals surface area (Å²) < 4.78 is 29.9. The molecule has 0 unspecified atom stereocenters. The molecule has 3 rings (SSSR count). The molecule has 168 valence electrons. The molecule has 1 heterocycles. The van der Waals surface area contributed by atoms with Gasteiger partial charge in [-0.15, -0.1) is 0 Å². The highest BCUT2D eigenvalue weighted by Gasteiger charge is 2.36. The number of ether oxygens (including phenoxy) is 3. The van der Waals surface area contributed by atoms with Gasteiger partial charge in [-0.2, -0.15) is 0 Å². The molecule has 1 aliphatic heterocycles. The van der Waals surface area contributed by atoms with E-state index in [9.17, 15) is 18.8 Å². The van der Waals surface area contributed by atoms with Crippen LogP contribution in [0.15, 0.2) is 39.7 Å². The van der Waals surface area contributed by atoms with Crippen LogP contribution in [0, 0.1) is 5.82 Å². The van der Waals surface area contributed by atoms with Gasteiger partial charge in [0, 0.05) is 15.1 Å². The zero-order valence-electron chi connectivity index (χ0n) is 16.8. The minimum atomic E-state index is -0.601. The highest BCUT2D eigenvalue weighted by Crippen LogP contribution is 2.39. The van der Waals surface area contributed by atoms with Crippen molar-refractivity contribution in [2.75, 3.05) is 20.8 Å². The molecule has 32 heavy (non-hydrogen) atoms. The Bertz CT molecular complexity index is 1110. The van der Waals surface area contributed by atoms with Crippen LogP contribution in [0.25, 0.3) is 6.08 Å². The fourth-order valence-corrected chi connectivity index (χ4v) is 4.24. The Morgan fingerprint density at radius 1 is 1.25 bits per heavy atom. The van der Waals surface area contributed by atoms with E-state index in [4.69, 9.17) is 21.1 Å². The van der Waals surface area contributed by atoms with Crippen molar-refractivity contribution < 1.29 is 33.0 Å². The van der Waals surface area contributed by atoms with Crippen LogP contribution in [0.4, 0.5) is 9.18 Å². The van der Waals surface area contributed by atoms with Crippen molar-refractivity contribution in [2.45, 2.75) is 6.54 Å². The third-order valence-electron chi connectivity index (χ3n) is 4.39. The van der Waals surface area contributed by atoms with E-state index in [0.717, 1.165) is 16.7 Å². The Labute approximate surface area is 200 Å². The van der Waals surface area contributed by atoms with Crippen molar-refractivity contribution >= 4 is 62.5 Å². The molecule has 2 aromatic rings. The SMILES string of the molecule is COC(=O)COc1cc(Br)c(/C=C2\SC(=O)N(Cc3c(F)cccc3Cl)C2=O)cc1OC. The molecule has 7 nitrogen and oxygen atoms in total. The summed E-state index contributed by atoms with van der Waals surface area (Å²) in [6, 6.07) is 7.29. The lowest BCUT2D eigenvalue weighted by Crippen LogP contribution is -2.28. The van der Waals surface area contributed by atoms with Gasteiger partial charge in [-0.25, -0.2) is 9.18 Å². The van der Waals surface area contributed by atoms with Crippen LogP contribution in [0.5, 0.6) is 11.5 Å². The van der Waals surface area contributed by atoms with E-state index >= 15 is 0 Å². The maximum Gasteiger partial charge on any atom is 0.343 e. The summed E-state index contributed by atoms with van der Waals surface area (Å²) in [6.07, 6.45) is 1.50. The van der Waals surface area contributed by atoms with Crippen molar-refractivity contribution in [3.63, 3.8) is 0 Å². The lowest BCUT2D eigenvalue weighted by atomic mass is 10.1. The van der Waals surface area contributed by atoms with Crippen molar-refractivity contribution in [2.24, 2.45) is 0 Å². The number of carbonyl (C=O) groups excluding carboxylic acids is 3. The van der Waals surface area contributed by atoms with Gasteiger partial charge in [-0.1, -0.05) is 33.6 Å². The molecule has 0 spiro atoms. The van der Waals surface area contributed by atoms with Gasteiger partial charge in [-0.05, 0) is 47.7 Å². The van der Waals surface area contributed by atoms with E-state index in [1.165, 1.54) is 38.5 Å². The first kappa shape index (κ1) is 24.1. The number of rotatable bonds is 7. The number of thioether (sulfide) groups is 1. The minimum absolute atomic E-state index is 0.0627. The zero-order valence-corrected chi connectivity index (χ0v) is 20.0. The molecule has 0 saturated carbocycles. The molecule has 1 fully saturated rings. The second kappa shape index (κ2) is 10.4. The predicted molar refractivity (Wildman–Crippen MR) is 121 cm³/mol. The summed E-state index contributed by atoms with van der Waals surface area (Å²) in [5.74, 6) is -1.15. The summed E-state index contributed by atoms with van der Waals surface area (Å²) in [6.45, 7) is -0.589. The van der Waals surface area contributed by atoms with Gasteiger partial charge in [0.2, 0.25) is 0 Å². The van der Waals surface area contributed by atoms with E-state index in [1.54, 1.807) is 12.1 Å². The maximum absolute atomic E-state index is 14.1. The molecule has 0 aliphatic carbocycles. The first-order valence-electron chi connectivity index (χ1n) is 9.00. The number of halogens is 3. The number of nitrogens with zero attached hydrogens (tertiary/aromatic N) is 1. The topological polar surface area (TPSA) is 82.1 Å². The minimum Gasteiger partial charge on any atom is -0.493 e. The Morgan fingerprint density at radius 2 is 2.00 bits per heavy atom. The average Bonchev–Trinajstić information content (AvgIpc) is 3.03. The van der Waals surface area contributed by atoms with Gasteiger partial charge >= 0.3 is 5.97 Å². The number of amides is 2. The summed E-state index contributed by atoms with van der Waals surface area (Å²) in [5, 5.41) is -0.412. The number of esters is 1. The standard InChI is InChI=1S/C21H16BrClFNO6S/c1-29-16-6-11(13(22)8-17(16)31-10-19(26)30-2)7-18-20(27)25(21(28)32-18)9-12-14(23)4-3-5-15(12)24/h3-8H,9-10H2,1-2H3/b18-7-. The summed E-state index contributed by atoms with van der Waals surface area (Å²) >= 11 is 10.1. The molecule has 0 aromatic heterocycles. The molecule has 2 amide bonds. The van der Waals surface area contributed by atoms with Crippen LogP contribution in [-0.4, -0.2) is 42.8 Å². The quantitative estimate of drug-likeness (QED) is 0.357. The average molecular weight is 545 g/mol. The maximum atomic E-state index is 14.1. The normalized spacial score (nSPS) is 14.8. The Balaban J connectivity index is 1.86. The van der Waals surface area contributed by atoms with Gasteiger partial charge in [-0.3, -0.25) is 14.5 Å². The number of imide groups is 1. The molecule has 2 aromatic carbocycles. The summed E-state index contributed by atoms with van der Waals surface area (Å²) in [5.41, 5.74) is 0.592. The van der Waals surface area contributed by atoms with Crippen LogP contribution in [0.3, 0.4) is 0 Å². The lowest BCUT2D eigenvalue weighted by molar-refractivity contribution is -0.142. The van der Waals surface area contributed by atoms with E-state index in [1.807, 2.05) is 0 Å². The molecule has 1 aliphatic rings. The Morgan fingerprint density at radius 3 is 2.66 bits per heavy atom. The van der Waals surface area contributed by atoms with Gasteiger partial charge in [0.05, 0.1) is 25.7 Å². The monoisotopic (exact) mass is 543 g/mol. The molecular weight excluding hydrogens is 529 g/mol. The number of hydrogen-bond donors (Lipinski definition) is 0. The van der Waals surface area contributed by atoms with Crippen LogP contribution < -0.4 is 9.47 Å². The van der Waals surface area contributed by atoms with Crippen LogP contribution in [-0.2, 0) is 20.9 Å². The van der Waals surface area contributed by atoms with Crippen molar-refractivity contribution in [3.8, 4) is 11.5 Å². The van der Waals surface area contributed by atoms with Crippen LogP contribution >= 0.6 is 39.3 Å². The van der Waals surface area contributed by atoms with Gasteiger partial charge in [0.1, 0.15) is 5.82 Å². The van der Waals surface area contributed by atoms with E-state index < -0.39 is 22.9 Å². The highest BCUT2D eigenvalue weighted by molar-refractivity contribution is 9.10. The van der Waals surface area contributed by atoms with Gasteiger partial charge < -0.3 is 14.2 Å². The van der Waals surface area contributed by atoms with E-state index in [0.29, 0.717) is 15.8 Å². The summed E-state index contributed by atoms with van der Waals surface area (Å²) in [7, 11) is 2.67. The van der Waals surface area contributed by atoms with E-state index in [2.05, 4.69) is 20.7 Å². The fraction of sp³-hybridized carbons (Fsp3) is 0.190. The largest absolute Gasteiger partial charge is 0.493 e. The predicted octanol–water partition coefficient (Wildman–Crippen LogP) is 5.04. The Hall–Kier alpha value is -2.56. The second-order valence-corrected chi connectivity index (χ2v) is 8.61. The molecule has 0 radical (unpaired) electrons. The third kappa shape index (κ3) is 5.25. The van der Waals surface area contributed by atoms with E-state index in [-0.39, 0.29) is 34.4 Å². The van der Waals surface area contributed by atoms with Crippen LogP contribution in [0.1, 0.15) is 11.1 Å². The Kier molecular flexibility index (Phi) is 7.81. The molecule has 0 bridgehead atoms. The smallest absolute Gasteiger partial charge is 0.343 e. The van der Waals surface area contributed by atoms with Crippen LogP contribution in [0.2, 0.25) is 5.02 Å². The zero-order chi connectivity index (χ0) is 23.4.